The van der Waals surface area contributed by atoms with Crippen molar-refractivity contribution in [3.8, 4) is 0 Å². The molecule has 1 saturated heterocycles. The fraction of sp³-hybridized carbons (Fsp3) is 0.625. The Bertz CT molecular complexity index is 811. The summed E-state index contributed by atoms with van der Waals surface area (Å²) in [5.74, 6) is 0.178. The highest BCUT2D eigenvalue weighted by Gasteiger charge is 2.56. The van der Waals surface area contributed by atoms with Crippen LogP contribution in [-0.4, -0.2) is 75.9 Å². The van der Waals surface area contributed by atoms with Gasteiger partial charge in [-0.25, -0.2) is 15.0 Å². The molecule has 10 heteroatoms. The van der Waals surface area contributed by atoms with Gasteiger partial charge in [0.25, 0.3) is 0 Å². The summed E-state index contributed by atoms with van der Waals surface area (Å²) in [5.41, 5.74) is 6.13. The largest absolute Gasteiger partial charge is 0.382 e. The molecule has 0 aliphatic carbocycles. The molecule has 0 bridgehead atoms. The lowest BCUT2D eigenvalue weighted by Crippen LogP contribution is -2.51. The zero-order chi connectivity index (χ0) is 19.1. The lowest BCUT2D eigenvalue weighted by molar-refractivity contribution is -0.133. The number of fused-ring (bicyclic) bond motifs is 1. The zero-order valence-electron chi connectivity index (χ0n) is 15.5. The van der Waals surface area contributed by atoms with E-state index in [2.05, 4.69) is 15.0 Å². The average Bonchev–Trinajstić information content (AvgIpc) is 3.14. The minimum absolute atomic E-state index is 0.106. The van der Waals surface area contributed by atoms with Gasteiger partial charge >= 0.3 is 0 Å². The van der Waals surface area contributed by atoms with E-state index in [1.807, 2.05) is 6.92 Å². The van der Waals surface area contributed by atoms with E-state index in [0.717, 1.165) is 0 Å². The van der Waals surface area contributed by atoms with Gasteiger partial charge in [0, 0.05) is 28.2 Å². The van der Waals surface area contributed by atoms with Gasteiger partial charge in [0.05, 0.1) is 12.9 Å². The Kier molecular flexibility index (Phi) is 4.82. The number of anilines is 1. The van der Waals surface area contributed by atoms with Crippen molar-refractivity contribution in [3.63, 3.8) is 0 Å². The Hall–Kier alpha value is -2.30. The van der Waals surface area contributed by atoms with E-state index >= 15 is 0 Å². The third-order valence-corrected chi connectivity index (χ3v) is 4.88. The minimum atomic E-state index is -0.766. The molecule has 1 aliphatic rings. The molecule has 3 unspecified atom stereocenters. The van der Waals surface area contributed by atoms with Crippen molar-refractivity contribution >= 4 is 22.9 Å². The van der Waals surface area contributed by atoms with Gasteiger partial charge in [-0.2, -0.15) is 0 Å². The number of likely N-dealkylation sites (N-methyl/N-ethyl adjacent to an activating group) is 1. The number of carbonyl (C=O) groups excluding carboxylic acids is 1. The molecule has 0 aromatic carbocycles. The normalized spacial score (nSPS) is 28.6. The van der Waals surface area contributed by atoms with Crippen molar-refractivity contribution in [2.24, 2.45) is 0 Å². The molecule has 3 rings (SSSR count). The number of methoxy groups -OCH3 is 2. The highest BCUT2D eigenvalue weighted by Crippen LogP contribution is 2.42. The molecule has 0 saturated carbocycles. The highest BCUT2D eigenvalue weighted by molar-refractivity contribution is 5.81. The van der Waals surface area contributed by atoms with Crippen LogP contribution in [0.1, 0.15) is 20.1 Å². The van der Waals surface area contributed by atoms with E-state index in [1.54, 1.807) is 37.1 Å². The number of nitrogens with zero attached hydrogens (tertiary/aromatic N) is 5. The van der Waals surface area contributed by atoms with Crippen LogP contribution in [0.2, 0.25) is 0 Å². The SMILES string of the molecule is COC[C@@]1(C)OC(n2cnc3c(N)ncnc32)C(N(C)C(C)=O)C1OC. The Balaban J connectivity index is 2.13. The van der Waals surface area contributed by atoms with Crippen LogP contribution < -0.4 is 5.73 Å². The molecule has 1 aliphatic heterocycles. The molecule has 0 radical (unpaired) electrons. The minimum Gasteiger partial charge on any atom is -0.382 e. The highest BCUT2D eigenvalue weighted by atomic mass is 16.6. The van der Waals surface area contributed by atoms with Crippen LogP contribution in [0.4, 0.5) is 5.82 Å². The van der Waals surface area contributed by atoms with Crippen molar-refractivity contribution in [1.29, 1.82) is 0 Å². The fourth-order valence-corrected chi connectivity index (χ4v) is 3.60. The van der Waals surface area contributed by atoms with Crippen LogP contribution in [0.15, 0.2) is 12.7 Å². The van der Waals surface area contributed by atoms with Gasteiger partial charge in [0.2, 0.25) is 5.91 Å². The quantitative estimate of drug-likeness (QED) is 0.800. The second-order valence-electron chi connectivity index (χ2n) is 6.61. The van der Waals surface area contributed by atoms with Crippen LogP contribution in [-0.2, 0) is 19.0 Å². The lowest BCUT2D eigenvalue weighted by atomic mass is 9.95. The second-order valence-corrected chi connectivity index (χ2v) is 6.61. The number of amides is 1. The standard InChI is InChI=1S/C16H24N6O4/c1-9(23)21(3)11-12(25-5)16(2,6-24-4)26-15(11)22-8-20-10-13(17)18-7-19-14(10)22/h7-8,11-12,15H,6H2,1-5H3,(H2,17,18,19)/t11?,12?,15?,16-/m1/s1. The van der Waals surface area contributed by atoms with Crippen molar-refractivity contribution in [3.05, 3.63) is 12.7 Å². The molecule has 3 heterocycles. The van der Waals surface area contributed by atoms with Crippen LogP contribution in [0.3, 0.4) is 0 Å². The van der Waals surface area contributed by atoms with Gasteiger partial charge in [-0.05, 0) is 6.92 Å². The first-order valence-electron chi connectivity index (χ1n) is 8.20. The van der Waals surface area contributed by atoms with Gasteiger partial charge < -0.3 is 24.8 Å². The molecule has 4 atom stereocenters. The van der Waals surface area contributed by atoms with Gasteiger partial charge in [-0.15, -0.1) is 0 Å². The summed E-state index contributed by atoms with van der Waals surface area (Å²) in [5, 5.41) is 0. The van der Waals surface area contributed by atoms with E-state index in [1.165, 1.54) is 13.3 Å². The number of nitrogens with two attached hydrogens (primary N) is 1. The molecule has 1 fully saturated rings. The Morgan fingerprint density at radius 3 is 2.77 bits per heavy atom. The van der Waals surface area contributed by atoms with Gasteiger partial charge in [0.15, 0.2) is 17.7 Å². The summed E-state index contributed by atoms with van der Waals surface area (Å²) in [6.45, 7) is 3.70. The second kappa shape index (κ2) is 6.78. The first-order valence-corrected chi connectivity index (χ1v) is 8.20. The Labute approximate surface area is 151 Å². The summed E-state index contributed by atoms with van der Waals surface area (Å²) in [6, 6.07) is -0.411. The maximum absolute atomic E-state index is 12.1. The number of rotatable bonds is 5. The summed E-state index contributed by atoms with van der Waals surface area (Å²) < 4.78 is 19.2. The summed E-state index contributed by atoms with van der Waals surface area (Å²) in [7, 11) is 4.91. The van der Waals surface area contributed by atoms with E-state index < -0.39 is 24.0 Å². The maximum Gasteiger partial charge on any atom is 0.219 e. The number of carbonyl (C=O) groups is 1. The summed E-state index contributed by atoms with van der Waals surface area (Å²) >= 11 is 0. The van der Waals surface area contributed by atoms with Gasteiger partial charge in [-0.1, -0.05) is 0 Å². The Morgan fingerprint density at radius 2 is 2.15 bits per heavy atom. The van der Waals surface area contributed by atoms with Crippen LogP contribution >= 0.6 is 0 Å². The van der Waals surface area contributed by atoms with Crippen molar-refractivity contribution in [2.45, 2.75) is 37.8 Å². The summed E-state index contributed by atoms with van der Waals surface area (Å²) in [6.07, 6.45) is 1.97. The Morgan fingerprint density at radius 1 is 1.42 bits per heavy atom. The first-order chi connectivity index (χ1) is 12.3. The molecule has 0 spiro atoms. The van der Waals surface area contributed by atoms with Gasteiger partial charge in [-0.3, -0.25) is 9.36 Å². The number of hydrogen-bond acceptors (Lipinski definition) is 8. The summed E-state index contributed by atoms with van der Waals surface area (Å²) in [4.78, 5) is 26.3. The zero-order valence-corrected chi connectivity index (χ0v) is 15.5. The smallest absolute Gasteiger partial charge is 0.219 e. The van der Waals surface area contributed by atoms with Crippen LogP contribution in [0, 0.1) is 0 Å². The fourth-order valence-electron chi connectivity index (χ4n) is 3.60. The molecule has 10 nitrogen and oxygen atoms in total. The molecular weight excluding hydrogens is 340 g/mol. The average molecular weight is 364 g/mol. The molecule has 2 N–H and O–H groups in total. The van der Waals surface area contributed by atoms with E-state index in [-0.39, 0.29) is 11.7 Å². The lowest BCUT2D eigenvalue weighted by Gasteiger charge is -2.33. The first kappa shape index (κ1) is 18.5. The topological polar surface area (TPSA) is 118 Å². The predicted octanol–water partition coefficient (Wildman–Crippen LogP) is 0.204. The van der Waals surface area contributed by atoms with E-state index in [9.17, 15) is 4.79 Å². The third-order valence-electron chi connectivity index (χ3n) is 4.88. The maximum atomic E-state index is 12.1. The van der Waals surface area contributed by atoms with Gasteiger partial charge in [0.1, 0.15) is 29.6 Å². The third kappa shape index (κ3) is 2.79. The van der Waals surface area contributed by atoms with E-state index in [0.29, 0.717) is 17.8 Å². The molecule has 142 valence electrons. The van der Waals surface area contributed by atoms with Crippen molar-refractivity contribution < 1.29 is 19.0 Å². The molecular formula is C16H24N6O4. The number of imidazole rings is 1. The molecule has 2 aromatic heterocycles. The van der Waals surface area contributed by atoms with E-state index in [4.69, 9.17) is 19.9 Å². The van der Waals surface area contributed by atoms with Crippen molar-refractivity contribution in [2.75, 3.05) is 33.6 Å². The monoisotopic (exact) mass is 364 g/mol. The number of aromatic nitrogens is 4. The number of ether oxygens (including phenoxy) is 3. The van der Waals surface area contributed by atoms with Crippen molar-refractivity contribution in [1.82, 2.24) is 24.4 Å². The molecule has 1 amide bonds. The van der Waals surface area contributed by atoms with Crippen LogP contribution in [0.25, 0.3) is 11.2 Å². The number of hydrogen-bond donors (Lipinski definition) is 1. The molecule has 26 heavy (non-hydrogen) atoms. The number of nitrogen functional groups attached to an aromatic ring is 1. The predicted molar refractivity (Wildman–Crippen MR) is 93.2 cm³/mol. The molecule has 2 aromatic rings. The van der Waals surface area contributed by atoms with Crippen LogP contribution in [0.5, 0.6) is 0 Å².